The first-order valence-electron chi connectivity index (χ1n) is 9.77. The summed E-state index contributed by atoms with van der Waals surface area (Å²) in [7, 11) is 0. The van der Waals surface area contributed by atoms with E-state index in [1.807, 2.05) is 4.90 Å². The average molecular weight is 390 g/mol. The van der Waals surface area contributed by atoms with E-state index in [1.54, 1.807) is 0 Å². The molecular formula is C18H36ClN5O2. The lowest BCUT2D eigenvalue weighted by Gasteiger charge is -2.33. The number of piperazine rings is 1. The van der Waals surface area contributed by atoms with Gasteiger partial charge in [-0.2, -0.15) is 0 Å². The van der Waals surface area contributed by atoms with Crippen LogP contribution in [0.15, 0.2) is 0 Å². The van der Waals surface area contributed by atoms with Gasteiger partial charge >= 0.3 is 6.03 Å². The predicted octanol–water partition coefficient (Wildman–Crippen LogP) is 0.897. The highest BCUT2D eigenvalue weighted by molar-refractivity contribution is 5.85. The van der Waals surface area contributed by atoms with Crippen molar-refractivity contribution in [2.45, 2.75) is 33.1 Å². The van der Waals surface area contributed by atoms with Crippen molar-refractivity contribution in [1.29, 1.82) is 0 Å². The van der Waals surface area contributed by atoms with Gasteiger partial charge in [-0.3, -0.25) is 9.69 Å². The number of carbonyl (C=O) groups is 2. The third kappa shape index (κ3) is 8.56. The predicted molar refractivity (Wildman–Crippen MR) is 107 cm³/mol. The van der Waals surface area contributed by atoms with E-state index in [9.17, 15) is 9.59 Å². The molecular weight excluding hydrogens is 354 g/mol. The Balaban J connectivity index is 0.00000338. The molecule has 2 rings (SSSR count). The lowest BCUT2D eigenvalue weighted by Crippen LogP contribution is -2.47. The summed E-state index contributed by atoms with van der Waals surface area (Å²) in [6.45, 7) is 12.2. The number of nitrogens with zero attached hydrogens (tertiary/aromatic N) is 2. The highest BCUT2D eigenvalue weighted by Crippen LogP contribution is 2.19. The molecule has 7 nitrogen and oxygen atoms in total. The van der Waals surface area contributed by atoms with Gasteiger partial charge in [0.25, 0.3) is 0 Å². The Labute approximate surface area is 164 Å². The van der Waals surface area contributed by atoms with Gasteiger partial charge in [0.15, 0.2) is 0 Å². The second-order valence-corrected chi connectivity index (χ2v) is 7.68. The maximum absolute atomic E-state index is 12.2. The lowest BCUT2D eigenvalue weighted by molar-refractivity contribution is -0.122. The largest absolute Gasteiger partial charge is 0.355 e. The van der Waals surface area contributed by atoms with Crippen LogP contribution in [0.4, 0.5) is 4.79 Å². The first-order chi connectivity index (χ1) is 12.0. The van der Waals surface area contributed by atoms with E-state index in [0.29, 0.717) is 32.0 Å². The highest BCUT2D eigenvalue weighted by Gasteiger charge is 2.25. The number of hydrogen-bond donors (Lipinski definition) is 3. The quantitative estimate of drug-likeness (QED) is 0.604. The number of likely N-dealkylation sites (tertiary alicyclic amines) is 1. The van der Waals surface area contributed by atoms with E-state index in [1.165, 1.54) is 0 Å². The van der Waals surface area contributed by atoms with E-state index in [2.05, 4.69) is 34.7 Å². The molecule has 8 heteroatoms. The van der Waals surface area contributed by atoms with Crippen LogP contribution in [0.2, 0.25) is 0 Å². The Kier molecular flexibility index (Phi) is 10.9. The summed E-state index contributed by atoms with van der Waals surface area (Å²) in [5, 5.41) is 9.34. The van der Waals surface area contributed by atoms with Gasteiger partial charge in [-0.05, 0) is 24.7 Å². The van der Waals surface area contributed by atoms with Crippen LogP contribution in [0.1, 0.15) is 33.1 Å². The minimum atomic E-state index is 0. The third-order valence-electron chi connectivity index (χ3n) is 4.90. The second-order valence-electron chi connectivity index (χ2n) is 7.68. The Morgan fingerprint density at radius 3 is 2.58 bits per heavy atom. The maximum Gasteiger partial charge on any atom is 0.317 e. The third-order valence-corrected chi connectivity index (χ3v) is 4.90. The fourth-order valence-corrected chi connectivity index (χ4v) is 3.44. The lowest BCUT2D eigenvalue weighted by atomic mass is 9.94. The zero-order valence-corrected chi connectivity index (χ0v) is 17.1. The molecule has 2 aliphatic heterocycles. The number of hydrogen-bond acceptors (Lipinski definition) is 4. The molecule has 1 unspecified atom stereocenters. The van der Waals surface area contributed by atoms with Crippen LogP contribution < -0.4 is 16.0 Å². The summed E-state index contributed by atoms with van der Waals surface area (Å²) < 4.78 is 0. The average Bonchev–Trinajstić information content (AvgIpc) is 2.60. The van der Waals surface area contributed by atoms with Gasteiger partial charge in [0, 0.05) is 65.3 Å². The van der Waals surface area contributed by atoms with Crippen molar-refractivity contribution in [2.75, 3.05) is 58.9 Å². The van der Waals surface area contributed by atoms with E-state index in [4.69, 9.17) is 0 Å². The number of piperidine rings is 1. The molecule has 2 fully saturated rings. The fourth-order valence-electron chi connectivity index (χ4n) is 3.44. The Hall–Kier alpha value is -1.05. The maximum atomic E-state index is 12.2. The topological polar surface area (TPSA) is 76.7 Å². The first kappa shape index (κ1) is 23.0. The van der Waals surface area contributed by atoms with Crippen molar-refractivity contribution >= 4 is 24.3 Å². The number of halogens is 1. The van der Waals surface area contributed by atoms with Crippen LogP contribution in [0.25, 0.3) is 0 Å². The molecule has 0 aromatic rings. The van der Waals surface area contributed by atoms with Crippen molar-refractivity contribution in [3.8, 4) is 0 Å². The van der Waals surface area contributed by atoms with E-state index in [-0.39, 0.29) is 30.3 Å². The van der Waals surface area contributed by atoms with Crippen LogP contribution in [0.3, 0.4) is 0 Å². The van der Waals surface area contributed by atoms with Crippen LogP contribution >= 0.6 is 12.4 Å². The molecule has 2 heterocycles. The fraction of sp³-hybridized carbons (Fsp3) is 0.889. The molecule has 2 aliphatic rings. The summed E-state index contributed by atoms with van der Waals surface area (Å²) in [5.41, 5.74) is 0. The van der Waals surface area contributed by atoms with Crippen LogP contribution in [-0.4, -0.2) is 80.6 Å². The summed E-state index contributed by atoms with van der Waals surface area (Å²) >= 11 is 0. The van der Waals surface area contributed by atoms with Crippen molar-refractivity contribution < 1.29 is 9.59 Å². The van der Waals surface area contributed by atoms with Crippen molar-refractivity contribution in [3.05, 3.63) is 0 Å². The molecule has 152 valence electrons. The molecule has 3 amide bonds. The molecule has 0 saturated carbocycles. The molecule has 0 spiro atoms. The Bertz CT molecular complexity index is 430. The monoisotopic (exact) mass is 389 g/mol. The zero-order valence-electron chi connectivity index (χ0n) is 16.3. The first-order valence-corrected chi connectivity index (χ1v) is 9.77. The highest BCUT2D eigenvalue weighted by atomic mass is 35.5. The summed E-state index contributed by atoms with van der Waals surface area (Å²) in [6.07, 6.45) is 2.53. The van der Waals surface area contributed by atoms with Gasteiger partial charge in [0.05, 0.1) is 0 Å². The molecule has 26 heavy (non-hydrogen) atoms. The molecule has 3 N–H and O–H groups in total. The van der Waals surface area contributed by atoms with Gasteiger partial charge < -0.3 is 20.9 Å². The van der Waals surface area contributed by atoms with Crippen molar-refractivity contribution in [1.82, 2.24) is 25.8 Å². The van der Waals surface area contributed by atoms with E-state index >= 15 is 0 Å². The minimum absolute atomic E-state index is 0. The molecule has 0 radical (unpaired) electrons. The van der Waals surface area contributed by atoms with Gasteiger partial charge in [-0.15, -0.1) is 12.4 Å². The van der Waals surface area contributed by atoms with Gasteiger partial charge in [0.2, 0.25) is 5.91 Å². The van der Waals surface area contributed by atoms with E-state index < -0.39 is 0 Å². The smallest absolute Gasteiger partial charge is 0.317 e. The number of amides is 3. The summed E-state index contributed by atoms with van der Waals surface area (Å²) in [4.78, 5) is 28.6. The van der Waals surface area contributed by atoms with Gasteiger partial charge in [0.1, 0.15) is 0 Å². The summed E-state index contributed by atoms with van der Waals surface area (Å²) in [6, 6.07) is 0.0116. The molecule has 1 atom stereocenters. The SMILES string of the molecule is CC(C)CNC(=O)N1CCCC(CC(=O)NCCN2CCNCC2)C1.Cl. The Morgan fingerprint density at radius 2 is 1.88 bits per heavy atom. The minimum Gasteiger partial charge on any atom is -0.355 e. The summed E-state index contributed by atoms with van der Waals surface area (Å²) in [5.74, 6) is 0.841. The molecule has 0 aromatic heterocycles. The molecule has 0 aliphatic carbocycles. The van der Waals surface area contributed by atoms with Gasteiger partial charge in [-0.1, -0.05) is 13.8 Å². The van der Waals surface area contributed by atoms with E-state index in [0.717, 1.165) is 52.1 Å². The molecule has 0 aromatic carbocycles. The van der Waals surface area contributed by atoms with Crippen LogP contribution in [0.5, 0.6) is 0 Å². The zero-order chi connectivity index (χ0) is 18.1. The standard InChI is InChI=1S/C18H35N5O2.ClH/c1-15(2)13-21-18(25)23-8-3-4-16(14-23)12-17(24)20-7-11-22-9-5-19-6-10-22;/h15-16,19H,3-14H2,1-2H3,(H,20,24)(H,21,25);1H. The molecule has 0 bridgehead atoms. The number of nitrogens with one attached hydrogen (secondary N) is 3. The second kappa shape index (κ2) is 12.4. The van der Waals surface area contributed by atoms with Crippen LogP contribution in [0, 0.1) is 11.8 Å². The number of urea groups is 1. The van der Waals surface area contributed by atoms with Crippen molar-refractivity contribution in [3.63, 3.8) is 0 Å². The van der Waals surface area contributed by atoms with Crippen LogP contribution in [-0.2, 0) is 4.79 Å². The molecule has 2 saturated heterocycles. The van der Waals surface area contributed by atoms with Crippen molar-refractivity contribution in [2.24, 2.45) is 11.8 Å². The number of carbonyl (C=O) groups excluding carboxylic acids is 2. The number of rotatable bonds is 7. The normalized spacial score (nSPS) is 21.2. The van der Waals surface area contributed by atoms with Gasteiger partial charge in [-0.25, -0.2) is 4.79 Å². The Morgan fingerprint density at radius 1 is 1.15 bits per heavy atom.